The number of methoxy groups -OCH3 is 1. The Balaban J connectivity index is 2.01. The van der Waals surface area contributed by atoms with E-state index >= 15 is 0 Å². The van der Waals surface area contributed by atoms with Crippen LogP contribution in [0.3, 0.4) is 0 Å². The first-order valence-electron chi connectivity index (χ1n) is 5.56. The molecule has 6 nitrogen and oxygen atoms in total. The number of carbonyl (C=O) groups is 2. The average molecular weight is 264 g/mol. The van der Waals surface area contributed by atoms with Gasteiger partial charge in [0, 0.05) is 0 Å². The van der Waals surface area contributed by atoms with Gasteiger partial charge in [-0.2, -0.15) is 0 Å². The van der Waals surface area contributed by atoms with Crippen LogP contribution < -0.4 is 4.74 Å². The van der Waals surface area contributed by atoms with Crippen molar-refractivity contribution in [1.29, 1.82) is 0 Å². The standard InChI is InChI=1S/C13H12O6/c1-16-12(14)9-2-4-10(5-3-9)19-13(15)11-8-17-6-7-18-11/h2-5,8H,6-7H2,1H3. The van der Waals surface area contributed by atoms with E-state index in [1.54, 1.807) is 0 Å². The highest BCUT2D eigenvalue weighted by Gasteiger charge is 2.17. The van der Waals surface area contributed by atoms with Crippen molar-refractivity contribution in [3.8, 4) is 5.75 Å². The van der Waals surface area contributed by atoms with E-state index in [0.717, 1.165) is 0 Å². The molecule has 1 aromatic carbocycles. The van der Waals surface area contributed by atoms with Crippen molar-refractivity contribution in [2.75, 3.05) is 20.3 Å². The van der Waals surface area contributed by atoms with E-state index in [-0.39, 0.29) is 5.76 Å². The zero-order chi connectivity index (χ0) is 13.7. The van der Waals surface area contributed by atoms with Gasteiger partial charge in [0.15, 0.2) is 0 Å². The van der Waals surface area contributed by atoms with Crippen molar-refractivity contribution < 1.29 is 28.5 Å². The molecular weight excluding hydrogens is 252 g/mol. The van der Waals surface area contributed by atoms with E-state index in [0.29, 0.717) is 24.5 Å². The minimum absolute atomic E-state index is 0.0169. The van der Waals surface area contributed by atoms with Gasteiger partial charge in [-0.05, 0) is 24.3 Å². The van der Waals surface area contributed by atoms with Crippen molar-refractivity contribution >= 4 is 11.9 Å². The molecule has 19 heavy (non-hydrogen) atoms. The predicted molar refractivity (Wildman–Crippen MR) is 63.4 cm³/mol. The maximum absolute atomic E-state index is 11.7. The van der Waals surface area contributed by atoms with Crippen LogP contribution in [-0.4, -0.2) is 32.3 Å². The fourth-order valence-electron chi connectivity index (χ4n) is 1.41. The van der Waals surface area contributed by atoms with Gasteiger partial charge in [0.1, 0.15) is 25.2 Å². The molecule has 0 bridgehead atoms. The van der Waals surface area contributed by atoms with Gasteiger partial charge in [-0.3, -0.25) is 0 Å². The Morgan fingerprint density at radius 2 is 1.84 bits per heavy atom. The molecule has 6 heteroatoms. The highest BCUT2D eigenvalue weighted by molar-refractivity contribution is 5.90. The Hall–Kier alpha value is -2.50. The van der Waals surface area contributed by atoms with Crippen molar-refractivity contribution in [1.82, 2.24) is 0 Å². The average Bonchev–Trinajstić information content (AvgIpc) is 2.48. The molecule has 1 aliphatic rings. The summed E-state index contributed by atoms with van der Waals surface area (Å²) >= 11 is 0. The quantitative estimate of drug-likeness (QED) is 0.604. The monoisotopic (exact) mass is 264 g/mol. The second kappa shape index (κ2) is 5.90. The third-order valence-electron chi connectivity index (χ3n) is 2.34. The number of rotatable bonds is 3. The Morgan fingerprint density at radius 3 is 2.42 bits per heavy atom. The Bertz CT molecular complexity index is 502. The first-order valence-corrected chi connectivity index (χ1v) is 5.56. The van der Waals surface area contributed by atoms with E-state index in [4.69, 9.17) is 14.2 Å². The minimum Gasteiger partial charge on any atom is -0.493 e. The number of ether oxygens (including phenoxy) is 4. The molecule has 0 spiro atoms. The van der Waals surface area contributed by atoms with Crippen LogP contribution in [0.2, 0.25) is 0 Å². The van der Waals surface area contributed by atoms with E-state index in [1.165, 1.54) is 37.6 Å². The molecule has 0 saturated carbocycles. The van der Waals surface area contributed by atoms with Crippen LogP contribution >= 0.6 is 0 Å². The molecule has 0 amide bonds. The van der Waals surface area contributed by atoms with Crippen molar-refractivity contribution in [2.45, 2.75) is 0 Å². The Kier molecular flexibility index (Phi) is 4.02. The molecule has 0 aromatic heterocycles. The number of hydrogen-bond donors (Lipinski definition) is 0. The summed E-state index contributed by atoms with van der Waals surface area (Å²) in [6, 6.07) is 5.99. The van der Waals surface area contributed by atoms with E-state index < -0.39 is 11.9 Å². The zero-order valence-corrected chi connectivity index (χ0v) is 10.3. The lowest BCUT2D eigenvalue weighted by atomic mass is 10.2. The molecule has 1 aromatic rings. The Morgan fingerprint density at radius 1 is 1.11 bits per heavy atom. The molecule has 0 N–H and O–H groups in total. The highest BCUT2D eigenvalue weighted by atomic mass is 16.6. The second-order valence-corrected chi connectivity index (χ2v) is 3.61. The molecule has 0 saturated heterocycles. The first-order chi connectivity index (χ1) is 9.20. The van der Waals surface area contributed by atoms with Crippen LogP contribution in [0.1, 0.15) is 10.4 Å². The summed E-state index contributed by atoms with van der Waals surface area (Å²) in [7, 11) is 1.29. The summed E-state index contributed by atoms with van der Waals surface area (Å²) in [4.78, 5) is 22.9. The normalized spacial score (nSPS) is 13.6. The van der Waals surface area contributed by atoms with Crippen LogP contribution in [-0.2, 0) is 19.0 Å². The molecule has 1 heterocycles. The minimum atomic E-state index is -0.648. The molecule has 1 aliphatic heterocycles. The lowest BCUT2D eigenvalue weighted by molar-refractivity contribution is -0.135. The number of esters is 2. The molecule has 0 atom stereocenters. The zero-order valence-electron chi connectivity index (χ0n) is 10.3. The van der Waals surface area contributed by atoms with Crippen LogP contribution in [0.5, 0.6) is 5.75 Å². The number of hydrogen-bond acceptors (Lipinski definition) is 6. The largest absolute Gasteiger partial charge is 0.493 e. The van der Waals surface area contributed by atoms with Crippen molar-refractivity contribution in [2.24, 2.45) is 0 Å². The number of benzene rings is 1. The topological polar surface area (TPSA) is 71.1 Å². The summed E-state index contributed by atoms with van der Waals surface area (Å²) in [5.41, 5.74) is 0.374. The van der Waals surface area contributed by atoms with Crippen LogP contribution in [0.4, 0.5) is 0 Å². The van der Waals surface area contributed by atoms with Gasteiger partial charge in [0.25, 0.3) is 0 Å². The van der Waals surface area contributed by atoms with Gasteiger partial charge in [0.05, 0.1) is 12.7 Å². The van der Waals surface area contributed by atoms with Gasteiger partial charge < -0.3 is 18.9 Å². The second-order valence-electron chi connectivity index (χ2n) is 3.61. The van der Waals surface area contributed by atoms with E-state index in [2.05, 4.69) is 4.74 Å². The van der Waals surface area contributed by atoms with Gasteiger partial charge >= 0.3 is 11.9 Å². The maximum Gasteiger partial charge on any atom is 0.382 e. The van der Waals surface area contributed by atoms with Crippen molar-refractivity contribution in [3.63, 3.8) is 0 Å². The molecule has 0 fully saturated rings. The predicted octanol–water partition coefficient (Wildman–Crippen LogP) is 1.27. The first kappa shape index (κ1) is 12.9. The summed E-state index contributed by atoms with van der Waals surface area (Å²) in [5.74, 6) is -0.786. The molecule has 2 rings (SSSR count). The molecule has 0 radical (unpaired) electrons. The van der Waals surface area contributed by atoms with Crippen molar-refractivity contribution in [3.05, 3.63) is 41.9 Å². The lowest BCUT2D eigenvalue weighted by Gasteiger charge is -2.14. The third kappa shape index (κ3) is 3.25. The summed E-state index contributed by atoms with van der Waals surface area (Å²) in [6.45, 7) is 0.715. The molecule has 100 valence electrons. The fraction of sp³-hybridized carbons (Fsp3) is 0.231. The summed E-state index contributed by atoms with van der Waals surface area (Å²) in [5, 5.41) is 0. The van der Waals surface area contributed by atoms with E-state index in [1.807, 2.05) is 0 Å². The van der Waals surface area contributed by atoms with E-state index in [9.17, 15) is 9.59 Å². The number of carbonyl (C=O) groups excluding carboxylic acids is 2. The third-order valence-corrected chi connectivity index (χ3v) is 2.34. The lowest BCUT2D eigenvalue weighted by Crippen LogP contribution is -2.19. The van der Waals surface area contributed by atoms with Crippen LogP contribution in [0.15, 0.2) is 36.3 Å². The van der Waals surface area contributed by atoms with Crippen LogP contribution in [0.25, 0.3) is 0 Å². The van der Waals surface area contributed by atoms with Gasteiger partial charge in [-0.25, -0.2) is 9.59 Å². The summed E-state index contributed by atoms with van der Waals surface area (Å²) < 4.78 is 19.7. The molecule has 0 unspecified atom stereocenters. The van der Waals surface area contributed by atoms with Crippen LogP contribution in [0, 0.1) is 0 Å². The maximum atomic E-state index is 11.7. The Labute approximate surface area is 109 Å². The summed E-state index contributed by atoms with van der Waals surface area (Å²) in [6.07, 6.45) is 1.22. The smallest absolute Gasteiger partial charge is 0.382 e. The van der Waals surface area contributed by atoms with Gasteiger partial charge in [-0.1, -0.05) is 0 Å². The molecular formula is C13H12O6. The SMILES string of the molecule is COC(=O)c1ccc(OC(=O)C2=COCCO2)cc1. The fourth-order valence-corrected chi connectivity index (χ4v) is 1.41. The van der Waals surface area contributed by atoms with Gasteiger partial charge in [-0.15, -0.1) is 0 Å². The van der Waals surface area contributed by atoms with Gasteiger partial charge in [0.2, 0.25) is 5.76 Å². The highest BCUT2D eigenvalue weighted by Crippen LogP contribution is 2.15. The molecule has 0 aliphatic carbocycles.